The lowest BCUT2D eigenvalue weighted by atomic mass is 10.1. The Bertz CT molecular complexity index is 427. The van der Waals surface area contributed by atoms with E-state index >= 15 is 0 Å². The highest BCUT2D eigenvalue weighted by Crippen LogP contribution is 2.29. The van der Waals surface area contributed by atoms with E-state index in [1.807, 2.05) is 31.2 Å². The third-order valence-electron chi connectivity index (χ3n) is 2.21. The monoisotopic (exact) mass is 176 g/mol. The summed E-state index contributed by atoms with van der Waals surface area (Å²) in [5.74, 6) is 1.53. The Labute approximate surface area is 76.8 Å². The molecule has 0 saturated carbocycles. The molecule has 2 nitrogen and oxygen atoms in total. The van der Waals surface area contributed by atoms with Crippen molar-refractivity contribution >= 4 is 10.8 Å². The predicted molar refractivity (Wildman–Crippen MR) is 51.6 cm³/mol. The Hall–Kier alpha value is -1.28. The van der Waals surface area contributed by atoms with E-state index in [-0.39, 0.29) is 0 Å². The van der Waals surface area contributed by atoms with E-state index in [4.69, 9.17) is 4.42 Å². The van der Waals surface area contributed by atoms with E-state index in [2.05, 4.69) is 0 Å². The van der Waals surface area contributed by atoms with Crippen LogP contribution in [0.4, 0.5) is 0 Å². The summed E-state index contributed by atoms with van der Waals surface area (Å²) in [6, 6.07) is 7.88. The summed E-state index contributed by atoms with van der Waals surface area (Å²) in [5.41, 5.74) is 0. The first kappa shape index (κ1) is 8.32. The van der Waals surface area contributed by atoms with Crippen molar-refractivity contribution in [3.8, 4) is 0 Å². The fraction of sp³-hybridized carbons (Fsp3) is 0.273. The maximum Gasteiger partial charge on any atom is 0.140 e. The van der Waals surface area contributed by atoms with Gasteiger partial charge in [0.1, 0.15) is 17.6 Å². The SMILES string of the molecule is Cc1oc(C(C)O)c2ccccc12. The van der Waals surface area contributed by atoms with Crippen LogP contribution in [-0.4, -0.2) is 5.11 Å². The molecular formula is C11H12O2. The third kappa shape index (κ3) is 1.23. The summed E-state index contributed by atoms with van der Waals surface area (Å²) in [7, 11) is 0. The molecule has 68 valence electrons. The lowest BCUT2D eigenvalue weighted by Gasteiger charge is -1.98. The van der Waals surface area contributed by atoms with Gasteiger partial charge in [0.15, 0.2) is 0 Å². The van der Waals surface area contributed by atoms with Crippen LogP contribution in [0.1, 0.15) is 24.5 Å². The van der Waals surface area contributed by atoms with Gasteiger partial charge in [0.05, 0.1) is 0 Å². The summed E-state index contributed by atoms with van der Waals surface area (Å²) in [5, 5.41) is 11.5. The zero-order valence-electron chi connectivity index (χ0n) is 7.74. The van der Waals surface area contributed by atoms with Crippen molar-refractivity contribution in [1.82, 2.24) is 0 Å². The van der Waals surface area contributed by atoms with Crippen LogP contribution in [-0.2, 0) is 0 Å². The van der Waals surface area contributed by atoms with Crippen LogP contribution < -0.4 is 0 Å². The maximum atomic E-state index is 9.44. The average molecular weight is 176 g/mol. The minimum absolute atomic E-state index is 0.543. The number of furan rings is 1. The van der Waals surface area contributed by atoms with Crippen LogP contribution in [0, 0.1) is 6.92 Å². The predicted octanol–water partition coefficient (Wildman–Crippen LogP) is 2.79. The van der Waals surface area contributed by atoms with E-state index in [0.29, 0.717) is 5.76 Å². The highest BCUT2D eigenvalue weighted by Gasteiger charge is 2.12. The Morgan fingerprint density at radius 2 is 1.85 bits per heavy atom. The number of benzene rings is 1. The molecule has 1 heterocycles. The first-order chi connectivity index (χ1) is 6.20. The van der Waals surface area contributed by atoms with Gasteiger partial charge in [-0.1, -0.05) is 24.3 Å². The quantitative estimate of drug-likeness (QED) is 0.724. The van der Waals surface area contributed by atoms with Crippen LogP contribution in [0.5, 0.6) is 0 Å². The Balaban J connectivity index is 2.78. The summed E-state index contributed by atoms with van der Waals surface area (Å²) < 4.78 is 5.48. The number of rotatable bonds is 1. The molecule has 1 aromatic carbocycles. The maximum absolute atomic E-state index is 9.44. The number of hydrogen-bond acceptors (Lipinski definition) is 2. The van der Waals surface area contributed by atoms with Crippen LogP contribution >= 0.6 is 0 Å². The molecule has 0 aliphatic rings. The van der Waals surface area contributed by atoms with E-state index in [1.165, 1.54) is 0 Å². The van der Waals surface area contributed by atoms with E-state index < -0.39 is 6.10 Å². The molecule has 2 heteroatoms. The average Bonchev–Trinajstić information content (AvgIpc) is 2.45. The van der Waals surface area contributed by atoms with Crippen molar-refractivity contribution in [2.45, 2.75) is 20.0 Å². The number of fused-ring (bicyclic) bond motifs is 1. The number of aliphatic hydroxyl groups is 1. The summed E-state index contributed by atoms with van der Waals surface area (Å²) >= 11 is 0. The van der Waals surface area contributed by atoms with Gasteiger partial charge in [0, 0.05) is 10.8 Å². The molecule has 1 unspecified atom stereocenters. The van der Waals surface area contributed by atoms with E-state index in [1.54, 1.807) is 6.92 Å². The van der Waals surface area contributed by atoms with Gasteiger partial charge < -0.3 is 9.52 Å². The molecule has 1 atom stereocenters. The summed E-state index contributed by atoms with van der Waals surface area (Å²) in [6.07, 6.45) is -0.543. The summed E-state index contributed by atoms with van der Waals surface area (Å²) in [4.78, 5) is 0. The van der Waals surface area contributed by atoms with Crippen molar-refractivity contribution in [2.24, 2.45) is 0 Å². The standard InChI is InChI=1S/C11H12O2/c1-7(12)11-10-6-4-3-5-9(10)8(2)13-11/h3-7,12H,1-2H3. The van der Waals surface area contributed by atoms with Crippen LogP contribution in [0.15, 0.2) is 28.7 Å². The molecule has 1 aromatic heterocycles. The topological polar surface area (TPSA) is 33.4 Å². The molecule has 1 N–H and O–H groups in total. The number of hydrogen-bond donors (Lipinski definition) is 1. The summed E-state index contributed by atoms with van der Waals surface area (Å²) in [6.45, 7) is 3.62. The van der Waals surface area contributed by atoms with Crippen LogP contribution in [0.3, 0.4) is 0 Å². The molecule has 13 heavy (non-hydrogen) atoms. The van der Waals surface area contributed by atoms with Crippen LogP contribution in [0.25, 0.3) is 10.8 Å². The van der Waals surface area contributed by atoms with Crippen molar-refractivity contribution in [2.75, 3.05) is 0 Å². The van der Waals surface area contributed by atoms with Gasteiger partial charge in [0.25, 0.3) is 0 Å². The molecule has 2 aromatic rings. The minimum Gasteiger partial charge on any atom is -0.462 e. The van der Waals surface area contributed by atoms with Gasteiger partial charge in [0.2, 0.25) is 0 Å². The van der Waals surface area contributed by atoms with Gasteiger partial charge >= 0.3 is 0 Å². The first-order valence-corrected chi connectivity index (χ1v) is 4.36. The molecular weight excluding hydrogens is 164 g/mol. The highest BCUT2D eigenvalue weighted by atomic mass is 16.4. The molecule has 0 spiro atoms. The van der Waals surface area contributed by atoms with Gasteiger partial charge in [-0.2, -0.15) is 0 Å². The third-order valence-corrected chi connectivity index (χ3v) is 2.21. The van der Waals surface area contributed by atoms with Crippen LogP contribution in [0.2, 0.25) is 0 Å². The molecule has 0 amide bonds. The highest BCUT2D eigenvalue weighted by molar-refractivity contribution is 5.86. The van der Waals surface area contributed by atoms with Crippen molar-refractivity contribution in [1.29, 1.82) is 0 Å². The Morgan fingerprint density at radius 1 is 1.23 bits per heavy atom. The Morgan fingerprint density at radius 3 is 2.46 bits per heavy atom. The zero-order valence-corrected chi connectivity index (χ0v) is 7.74. The van der Waals surface area contributed by atoms with E-state index in [0.717, 1.165) is 16.5 Å². The smallest absolute Gasteiger partial charge is 0.140 e. The van der Waals surface area contributed by atoms with Gasteiger partial charge in [-0.05, 0) is 13.8 Å². The Kier molecular flexibility index (Phi) is 1.85. The second-order valence-electron chi connectivity index (χ2n) is 3.24. The largest absolute Gasteiger partial charge is 0.462 e. The number of aryl methyl sites for hydroxylation is 1. The molecule has 2 rings (SSSR count). The van der Waals surface area contributed by atoms with Crippen molar-refractivity contribution in [3.63, 3.8) is 0 Å². The normalized spacial score (nSPS) is 13.5. The van der Waals surface area contributed by atoms with Crippen molar-refractivity contribution < 1.29 is 9.52 Å². The fourth-order valence-corrected chi connectivity index (χ4v) is 1.59. The van der Waals surface area contributed by atoms with Gasteiger partial charge in [-0.3, -0.25) is 0 Å². The molecule has 0 saturated heterocycles. The first-order valence-electron chi connectivity index (χ1n) is 4.36. The van der Waals surface area contributed by atoms with E-state index in [9.17, 15) is 5.11 Å². The second kappa shape index (κ2) is 2.89. The fourth-order valence-electron chi connectivity index (χ4n) is 1.59. The minimum atomic E-state index is -0.543. The number of aliphatic hydroxyl groups excluding tert-OH is 1. The molecule has 0 aliphatic carbocycles. The lowest BCUT2D eigenvalue weighted by Crippen LogP contribution is -1.87. The second-order valence-corrected chi connectivity index (χ2v) is 3.24. The van der Waals surface area contributed by atoms with Crippen molar-refractivity contribution in [3.05, 3.63) is 35.8 Å². The lowest BCUT2D eigenvalue weighted by molar-refractivity contribution is 0.170. The molecule has 0 aliphatic heterocycles. The molecule has 0 bridgehead atoms. The van der Waals surface area contributed by atoms with Gasteiger partial charge in [-0.25, -0.2) is 0 Å². The molecule has 0 fully saturated rings. The molecule has 0 radical (unpaired) electrons. The zero-order chi connectivity index (χ0) is 9.42. The van der Waals surface area contributed by atoms with Gasteiger partial charge in [-0.15, -0.1) is 0 Å².